The quantitative estimate of drug-likeness (QED) is 0.916. The molecular formula is C17H21FN4O. The molecule has 3 rings (SSSR count). The highest BCUT2D eigenvalue weighted by Crippen LogP contribution is 2.22. The number of hydrogen-bond donors (Lipinski definition) is 1. The first-order valence-electron chi connectivity index (χ1n) is 7.84. The van der Waals surface area contributed by atoms with Gasteiger partial charge in [-0.2, -0.15) is 0 Å². The van der Waals surface area contributed by atoms with Crippen molar-refractivity contribution in [1.82, 2.24) is 19.9 Å². The predicted octanol–water partition coefficient (Wildman–Crippen LogP) is 1.96. The summed E-state index contributed by atoms with van der Waals surface area (Å²) in [6, 6.07) is 6.42. The van der Waals surface area contributed by atoms with Gasteiger partial charge in [0, 0.05) is 19.3 Å². The molecule has 1 aromatic carbocycles. The molecule has 0 aliphatic carbocycles. The molecule has 122 valence electrons. The molecule has 5 nitrogen and oxygen atoms in total. The second-order valence-corrected chi connectivity index (χ2v) is 6.12. The summed E-state index contributed by atoms with van der Waals surface area (Å²) in [7, 11) is 0. The molecule has 1 aromatic heterocycles. The number of likely N-dealkylation sites (tertiary alicyclic amines) is 1. The average molecular weight is 316 g/mol. The normalized spacial score (nSPS) is 22.7. The van der Waals surface area contributed by atoms with E-state index in [0.29, 0.717) is 13.1 Å². The molecule has 0 saturated carbocycles. The van der Waals surface area contributed by atoms with Gasteiger partial charge in [0.25, 0.3) is 0 Å². The van der Waals surface area contributed by atoms with Gasteiger partial charge in [0.05, 0.1) is 18.3 Å². The summed E-state index contributed by atoms with van der Waals surface area (Å²) in [6.45, 7) is 2.80. The van der Waals surface area contributed by atoms with Crippen LogP contribution in [0.1, 0.15) is 18.4 Å². The van der Waals surface area contributed by atoms with E-state index in [9.17, 15) is 9.50 Å². The van der Waals surface area contributed by atoms with E-state index >= 15 is 0 Å². The van der Waals surface area contributed by atoms with Gasteiger partial charge in [-0.3, -0.25) is 4.90 Å². The third-order valence-electron chi connectivity index (χ3n) is 4.11. The highest BCUT2D eigenvalue weighted by molar-refractivity contribution is 5.48. The summed E-state index contributed by atoms with van der Waals surface area (Å²) in [4.78, 5) is 2.22. The van der Waals surface area contributed by atoms with Crippen molar-refractivity contribution < 1.29 is 9.50 Å². The number of aromatic nitrogens is 3. The lowest BCUT2D eigenvalue weighted by Gasteiger charge is -2.38. The van der Waals surface area contributed by atoms with Gasteiger partial charge in [0.15, 0.2) is 0 Å². The first-order valence-corrected chi connectivity index (χ1v) is 7.84. The minimum atomic E-state index is -0.768. The highest BCUT2D eigenvalue weighted by Gasteiger charge is 2.33. The van der Waals surface area contributed by atoms with E-state index in [4.69, 9.17) is 0 Å². The first-order chi connectivity index (χ1) is 11.1. The van der Waals surface area contributed by atoms with E-state index in [1.165, 1.54) is 12.1 Å². The zero-order chi connectivity index (χ0) is 16.1. The molecule has 1 aliphatic heterocycles. The number of piperidine rings is 1. The van der Waals surface area contributed by atoms with Crippen LogP contribution in [0.3, 0.4) is 0 Å². The zero-order valence-electron chi connectivity index (χ0n) is 13.0. The number of rotatable bonds is 5. The second kappa shape index (κ2) is 7.02. The summed E-state index contributed by atoms with van der Waals surface area (Å²) in [5.74, 6) is -0.226. The van der Waals surface area contributed by atoms with Crippen LogP contribution in [0.5, 0.6) is 0 Å². The van der Waals surface area contributed by atoms with Crippen LogP contribution >= 0.6 is 0 Å². The van der Waals surface area contributed by atoms with E-state index < -0.39 is 5.60 Å². The molecule has 2 aromatic rings. The fourth-order valence-corrected chi connectivity index (χ4v) is 3.02. The summed E-state index contributed by atoms with van der Waals surface area (Å²) < 4.78 is 14.5. The number of nitrogens with zero attached hydrogens (tertiary/aromatic N) is 4. The Labute approximate surface area is 135 Å². The Morgan fingerprint density at radius 1 is 1.30 bits per heavy atom. The lowest BCUT2D eigenvalue weighted by Crippen LogP contribution is -2.50. The summed E-state index contributed by atoms with van der Waals surface area (Å²) >= 11 is 0. The summed E-state index contributed by atoms with van der Waals surface area (Å²) in [5, 5.41) is 18.5. The van der Waals surface area contributed by atoms with Crippen LogP contribution < -0.4 is 0 Å². The molecule has 0 amide bonds. The van der Waals surface area contributed by atoms with Crippen LogP contribution in [0, 0.1) is 5.82 Å². The zero-order valence-corrected chi connectivity index (χ0v) is 13.0. The van der Waals surface area contributed by atoms with Gasteiger partial charge in [-0.25, -0.2) is 9.07 Å². The van der Waals surface area contributed by atoms with Crippen LogP contribution in [0.2, 0.25) is 0 Å². The van der Waals surface area contributed by atoms with Crippen LogP contribution in [-0.4, -0.2) is 50.2 Å². The maximum atomic E-state index is 12.9. The van der Waals surface area contributed by atoms with Gasteiger partial charge in [0.1, 0.15) is 5.82 Å². The van der Waals surface area contributed by atoms with Crippen molar-refractivity contribution in [3.8, 4) is 0 Å². The van der Waals surface area contributed by atoms with Gasteiger partial charge >= 0.3 is 0 Å². The van der Waals surface area contributed by atoms with Crippen molar-refractivity contribution in [3.05, 3.63) is 54.1 Å². The molecule has 2 heterocycles. The molecule has 1 atom stereocenters. The number of aliphatic hydroxyl groups is 1. The smallest absolute Gasteiger partial charge is 0.123 e. The fourth-order valence-electron chi connectivity index (χ4n) is 3.02. The topological polar surface area (TPSA) is 54.2 Å². The average Bonchev–Trinajstić information content (AvgIpc) is 3.01. The lowest BCUT2D eigenvalue weighted by atomic mass is 9.93. The highest BCUT2D eigenvalue weighted by atomic mass is 19.1. The standard InChI is InChI=1S/C17H21FN4O/c18-16-6-4-15(5-7-16)3-1-10-21-11-2-8-17(23,13-21)14-22-12-9-19-20-22/h1,3-7,9,12,23H,2,8,10-11,13-14H2. The van der Waals surface area contributed by atoms with Crippen molar-refractivity contribution in [3.63, 3.8) is 0 Å². The Bertz CT molecular complexity index is 641. The SMILES string of the molecule is OC1(Cn2ccnn2)CCCN(CC=Cc2ccc(F)cc2)C1. The van der Waals surface area contributed by atoms with E-state index in [1.54, 1.807) is 29.2 Å². The van der Waals surface area contributed by atoms with Gasteiger partial charge in [0.2, 0.25) is 0 Å². The second-order valence-electron chi connectivity index (χ2n) is 6.12. The summed E-state index contributed by atoms with van der Waals surface area (Å²) in [6.07, 6.45) is 9.14. The first kappa shape index (κ1) is 15.8. The third kappa shape index (κ3) is 4.46. The van der Waals surface area contributed by atoms with Crippen molar-refractivity contribution in [2.24, 2.45) is 0 Å². The van der Waals surface area contributed by atoms with Gasteiger partial charge in [-0.15, -0.1) is 5.10 Å². The van der Waals surface area contributed by atoms with Crippen molar-refractivity contribution >= 4 is 6.08 Å². The molecule has 0 bridgehead atoms. The number of benzene rings is 1. The van der Waals surface area contributed by atoms with E-state index in [0.717, 1.165) is 31.5 Å². The number of β-amino-alcohol motifs (C(OH)–C–C–N with tert-alkyl or cyclic N) is 1. The van der Waals surface area contributed by atoms with Crippen LogP contribution in [-0.2, 0) is 6.54 Å². The van der Waals surface area contributed by atoms with E-state index in [2.05, 4.69) is 21.3 Å². The molecular weight excluding hydrogens is 295 g/mol. The van der Waals surface area contributed by atoms with Gasteiger partial charge in [-0.05, 0) is 37.1 Å². The maximum Gasteiger partial charge on any atom is 0.123 e. The minimum absolute atomic E-state index is 0.226. The molecule has 1 N–H and O–H groups in total. The van der Waals surface area contributed by atoms with Crippen molar-refractivity contribution in [2.45, 2.75) is 25.0 Å². The largest absolute Gasteiger partial charge is 0.387 e. The Morgan fingerprint density at radius 2 is 2.13 bits per heavy atom. The molecule has 0 spiro atoms. The van der Waals surface area contributed by atoms with E-state index in [-0.39, 0.29) is 5.82 Å². The molecule has 1 unspecified atom stereocenters. The Kier molecular flexibility index (Phi) is 4.83. The van der Waals surface area contributed by atoms with Gasteiger partial charge in [-0.1, -0.05) is 29.5 Å². The Balaban J connectivity index is 1.55. The summed E-state index contributed by atoms with van der Waals surface area (Å²) in [5.41, 5.74) is 0.205. The van der Waals surface area contributed by atoms with Crippen LogP contribution in [0.25, 0.3) is 6.08 Å². The molecule has 0 radical (unpaired) electrons. The number of hydrogen-bond acceptors (Lipinski definition) is 4. The monoisotopic (exact) mass is 316 g/mol. The Hall–Kier alpha value is -2.05. The molecule has 1 fully saturated rings. The van der Waals surface area contributed by atoms with Crippen molar-refractivity contribution in [2.75, 3.05) is 19.6 Å². The predicted molar refractivity (Wildman–Crippen MR) is 86.1 cm³/mol. The maximum absolute atomic E-state index is 12.9. The number of halogens is 1. The lowest BCUT2D eigenvalue weighted by molar-refractivity contribution is -0.0424. The minimum Gasteiger partial charge on any atom is -0.387 e. The van der Waals surface area contributed by atoms with Crippen LogP contribution in [0.15, 0.2) is 42.7 Å². The molecule has 1 saturated heterocycles. The fraction of sp³-hybridized carbons (Fsp3) is 0.412. The van der Waals surface area contributed by atoms with Crippen molar-refractivity contribution in [1.29, 1.82) is 0 Å². The molecule has 23 heavy (non-hydrogen) atoms. The third-order valence-corrected chi connectivity index (χ3v) is 4.11. The van der Waals surface area contributed by atoms with Crippen LogP contribution in [0.4, 0.5) is 4.39 Å². The Morgan fingerprint density at radius 3 is 2.87 bits per heavy atom. The molecule has 1 aliphatic rings. The van der Waals surface area contributed by atoms with Gasteiger partial charge < -0.3 is 5.11 Å². The molecule has 6 heteroatoms. The van der Waals surface area contributed by atoms with E-state index in [1.807, 2.05) is 6.08 Å².